The molecule has 0 unspecified atom stereocenters. The van der Waals surface area contributed by atoms with Crippen LogP contribution in [0.1, 0.15) is 42.5 Å². The summed E-state index contributed by atoms with van der Waals surface area (Å²) in [5, 5.41) is 3.27. The number of amides is 1. The monoisotopic (exact) mass is 405 g/mol. The van der Waals surface area contributed by atoms with Crippen LogP contribution in [0.5, 0.6) is 5.75 Å². The highest BCUT2D eigenvalue weighted by Gasteiger charge is 2.36. The normalized spacial score (nSPS) is 24.0. The molecule has 6 heteroatoms. The van der Waals surface area contributed by atoms with Gasteiger partial charge in [-0.15, -0.1) is 0 Å². The molecule has 0 spiro atoms. The Balaban J connectivity index is 1.38. The number of oxazole rings is 1. The predicted octanol–water partition coefficient (Wildman–Crippen LogP) is 4.25. The lowest BCUT2D eigenvalue weighted by atomic mass is 9.82. The minimum atomic E-state index is -0.0781. The molecule has 2 aliphatic rings. The number of nitrogens with zero attached hydrogens (tertiary/aromatic N) is 2. The van der Waals surface area contributed by atoms with Crippen LogP contribution in [0.25, 0.3) is 22.6 Å². The van der Waals surface area contributed by atoms with Crippen LogP contribution in [-0.2, 0) is 0 Å². The van der Waals surface area contributed by atoms with E-state index in [4.69, 9.17) is 9.15 Å². The number of carbonyl (C=O) groups is 1. The number of fused-ring (bicyclic) bond motifs is 3. The van der Waals surface area contributed by atoms with Crippen molar-refractivity contribution in [3.05, 3.63) is 48.0 Å². The van der Waals surface area contributed by atoms with Crippen molar-refractivity contribution in [2.24, 2.45) is 0 Å². The number of aromatic nitrogens is 1. The van der Waals surface area contributed by atoms with E-state index in [2.05, 4.69) is 22.2 Å². The zero-order valence-electron chi connectivity index (χ0n) is 17.4. The molecule has 2 aromatic carbocycles. The van der Waals surface area contributed by atoms with Crippen LogP contribution in [0.15, 0.2) is 46.9 Å². The van der Waals surface area contributed by atoms with Gasteiger partial charge in [0.15, 0.2) is 5.58 Å². The highest BCUT2D eigenvalue weighted by Crippen LogP contribution is 2.33. The maximum atomic E-state index is 13.1. The first-order valence-corrected chi connectivity index (χ1v) is 10.7. The van der Waals surface area contributed by atoms with Gasteiger partial charge in [0.25, 0.3) is 5.91 Å². The van der Waals surface area contributed by atoms with Gasteiger partial charge in [-0.3, -0.25) is 4.79 Å². The first-order chi connectivity index (χ1) is 14.6. The number of nitrogens with one attached hydrogen (secondary N) is 1. The molecular weight excluding hydrogens is 378 g/mol. The van der Waals surface area contributed by atoms with Gasteiger partial charge < -0.3 is 19.4 Å². The first kappa shape index (κ1) is 19.1. The lowest BCUT2D eigenvalue weighted by Gasteiger charge is -2.47. The third kappa shape index (κ3) is 3.45. The number of hydrogen-bond acceptors (Lipinski definition) is 5. The first-order valence-electron chi connectivity index (χ1n) is 10.7. The van der Waals surface area contributed by atoms with Crippen molar-refractivity contribution in [2.75, 3.05) is 14.2 Å². The van der Waals surface area contributed by atoms with Crippen molar-refractivity contribution in [1.29, 1.82) is 0 Å². The second kappa shape index (κ2) is 7.76. The molecule has 30 heavy (non-hydrogen) atoms. The average Bonchev–Trinajstić information content (AvgIpc) is 3.19. The van der Waals surface area contributed by atoms with Crippen molar-refractivity contribution >= 4 is 17.0 Å². The van der Waals surface area contributed by atoms with Gasteiger partial charge in [-0.25, -0.2) is 4.98 Å². The van der Waals surface area contributed by atoms with Gasteiger partial charge >= 0.3 is 0 Å². The summed E-state index contributed by atoms with van der Waals surface area (Å²) in [6.45, 7) is 0. The van der Waals surface area contributed by atoms with Crippen molar-refractivity contribution in [2.45, 2.75) is 50.2 Å². The Labute approximate surface area is 176 Å². The summed E-state index contributed by atoms with van der Waals surface area (Å²) in [5.74, 6) is 1.20. The minimum absolute atomic E-state index is 0.0781. The Hall–Kier alpha value is -2.86. The fraction of sp³-hybridized carbons (Fsp3) is 0.417. The van der Waals surface area contributed by atoms with E-state index in [-0.39, 0.29) is 11.9 Å². The summed E-state index contributed by atoms with van der Waals surface area (Å²) in [6, 6.07) is 14.5. The van der Waals surface area contributed by atoms with E-state index in [0.717, 1.165) is 24.2 Å². The quantitative estimate of drug-likeness (QED) is 0.703. The van der Waals surface area contributed by atoms with Crippen molar-refractivity contribution in [3.8, 4) is 17.2 Å². The van der Waals surface area contributed by atoms with Gasteiger partial charge in [-0.1, -0.05) is 12.5 Å². The van der Waals surface area contributed by atoms with Gasteiger partial charge in [0, 0.05) is 23.7 Å². The van der Waals surface area contributed by atoms with Crippen molar-refractivity contribution in [3.63, 3.8) is 0 Å². The molecule has 3 heterocycles. The Morgan fingerprint density at radius 3 is 2.57 bits per heavy atom. The van der Waals surface area contributed by atoms with Crippen LogP contribution < -0.4 is 10.1 Å². The smallest absolute Gasteiger partial charge is 0.255 e. The third-order valence-corrected chi connectivity index (χ3v) is 6.67. The number of rotatable bonds is 4. The largest absolute Gasteiger partial charge is 0.497 e. The van der Waals surface area contributed by atoms with E-state index in [9.17, 15) is 4.79 Å². The molecule has 0 radical (unpaired) electrons. The van der Waals surface area contributed by atoms with Crippen molar-refractivity contribution in [1.82, 2.24) is 15.2 Å². The van der Waals surface area contributed by atoms with Gasteiger partial charge in [-0.05, 0) is 69.1 Å². The molecule has 2 fully saturated rings. The molecule has 3 aromatic rings. The number of methoxy groups -OCH3 is 1. The maximum absolute atomic E-state index is 13.1. The Morgan fingerprint density at radius 1 is 1.13 bits per heavy atom. The predicted molar refractivity (Wildman–Crippen MR) is 116 cm³/mol. The molecule has 5 rings (SSSR count). The number of hydrogen-bond donors (Lipinski definition) is 1. The zero-order chi connectivity index (χ0) is 20.7. The molecule has 2 atom stereocenters. The van der Waals surface area contributed by atoms with Crippen LogP contribution in [0.2, 0.25) is 0 Å². The van der Waals surface area contributed by atoms with Crippen LogP contribution in [-0.4, -0.2) is 48.1 Å². The molecule has 6 nitrogen and oxygen atoms in total. The minimum Gasteiger partial charge on any atom is -0.497 e. The standard InChI is InChI=1S/C24H27N3O3/c1-27-17-5-3-6-18(27)14-16(13-17)25-23(28)20-7-4-8-21-22(20)30-24(26-21)15-9-11-19(29-2)12-10-15/h4,7-12,16-18H,3,5-6,13-14H2,1-2H3,(H,25,28)/t17-,18-/m1/s1. The summed E-state index contributed by atoms with van der Waals surface area (Å²) in [6.07, 6.45) is 5.78. The van der Waals surface area contributed by atoms with Crippen LogP contribution >= 0.6 is 0 Å². The van der Waals surface area contributed by atoms with E-state index in [1.807, 2.05) is 42.5 Å². The van der Waals surface area contributed by atoms with E-state index in [0.29, 0.717) is 34.6 Å². The third-order valence-electron chi connectivity index (χ3n) is 6.67. The highest BCUT2D eigenvalue weighted by atomic mass is 16.5. The molecule has 156 valence electrons. The molecule has 1 N–H and O–H groups in total. The van der Waals surface area contributed by atoms with Gasteiger partial charge in [0.05, 0.1) is 12.7 Å². The van der Waals surface area contributed by atoms with E-state index >= 15 is 0 Å². The Kier molecular flexibility index (Phi) is 4.95. The number of ether oxygens (including phenoxy) is 1. The van der Waals surface area contributed by atoms with Crippen LogP contribution in [0.4, 0.5) is 0 Å². The summed E-state index contributed by atoms with van der Waals surface area (Å²) in [4.78, 5) is 20.2. The number of para-hydroxylation sites is 1. The lowest BCUT2D eigenvalue weighted by molar-refractivity contribution is 0.0463. The second-order valence-corrected chi connectivity index (χ2v) is 8.45. The lowest BCUT2D eigenvalue weighted by Crippen LogP contribution is -2.55. The molecule has 2 bridgehead atoms. The van der Waals surface area contributed by atoms with Gasteiger partial charge in [0.1, 0.15) is 11.3 Å². The Morgan fingerprint density at radius 2 is 1.87 bits per heavy atom. The van der Waals surface area contributed by atoms with E-state index < -0.39 is 0 Å². The number of benzene rings is 2. The van der Waals surface area contributed by atoms with Gasteiger partial charge in [0.2, 0.25) is 5.89 Å². The molecule has 0 aliphatic carbocycles. The van der Waals surface area contributed by atoms with Gasteiger partial charge in [-0.2, -0.15) is 0 Å². The van der Waals surface area contributed by atoms with E-state index in [1.165, 1.54) is 19.3 Å². The van der Waals surface area contributed by atoms with Crippen molar-refractivity contribution < 1.29 is 13.9 Å². The maximum Gasteiger partial charge on any atom is 0.255 e. The summed E-state index contributed by atoms with van der Waals surface area (Å²) < 4.78 is 11.3. The van der Waals surface area contributed by atoms with Crippen LogP contribution in [0.3, 0.4) is 0 Å². The molecule has 1 amide bonds. The number of carbonyl (C=O) groups excluding carboxylic acids is 1. The average molecular weight is 405 g/mol. The fourth-order valence-corrected chi connectivity index (χ4v) is 4.98. The molecule has 2 saturated heterocycles. The summed E-state index contributed by atoms with van der Waals surface area (Å²) in [5.41, 5.74) is 2.62. The fourth-order valence-electron chi connectivity index (χ4n) is 4.98. The molecule has 2 aliphatic heterocycles. The topological polar surface area (TPSA) is 67.6 Å². The highest BCUT2D eigenvalue weighted by molar-refractivity contribution is 6.04. The summed E-state index contributed by atoms with van der Waals surface area (Å²) in [7, 11) is 3.86. The van der Waals surface area contributed by atoms with Crippen LogP contribution in [0, 0.1) is 0 Å². The SMILES string of the molecule is COc1ccc(-c2nc3cccc(C(=O)NC4C[C@H]5CCC[C@H](C4)N5C)c3o2)cc1. The van der Waals surface area contributed by atoms with E-state index in [1.54, 1.807) is 7.11 Å². The molecule has 1 aromatic heterocycles. The molecule has 0 saturated carbocycles. The Bertz CT molecular complexity index is 1050. The summed E-state index contributed by atoms with van der Waals surface area (Å²) >= 11 is 0. The second-order valence-electron chi connectivity index (χ2n) is 8.45. The number of piperidine rings is 2. The molecular formula is C24H27N3O3. The zero-order valence-corrected chi connectivity index (χ0v) is 17.4.